The van der Waals surface area contributed by atoms with Crippen LogP contribution >= 0.6 is 0 Å². The third-order valence-corrected chi connectivity index (χ3v) is 3.58. The van der Waals surface area contributed by atoms with Gasteiger partial charge in [0.05, 0.1) is 0 Å². The third kappa shape index (κ3) is 3.13. The van der Waals surface area contributed by atoms with Crippen LogP contribution in [0.3, 0.4) is 0 Å². The van der Waals surface area contributed by atoms with Gasteiger partial charge in [0.25, 0.3) is 5.91 Å². The molecule has 4 nitrogen and oxygen atoms in total. The van der Waals surface area contributed by atoms with Gasteiger partial charge in [0.2, 0.25) is 0 Å². The minimum atomic E-state index is -0.418. The van der Waals surface area contributed by atoms with Crippen molar-refractivity contribution in [2.24, 2.45) is 5.92 Å². The number of benzene rings is 1. The molecule has 2 rings (SSSR count). The second-order valence-electron chi connectivity index (χ2n) is 5.15. The number of nitrogens with zero attached hydrogens (tertiary/aromatic N) is 1. The predicted molar refractivity (Wildman–Crippen MR) is 73.6 cm³/mol. The van der Waals surface area contributed by atoms with Crippen molar-refractivity contribution < 1.29 is 9.59 Å². The van der Waals surface area contributed by atoms with Crippen LogP contribution in [0.25, 0.3) is 0 Å². The average molecular weight is 260 g/mol. The SMILES string of the molecule is CC[C@H](C)CN1C(=O)N[C@@H](Cc2ccccc2)C1=O. The average Bonchev–Trinajstić information content (AvgIpc) is 2.67. The van der Waals surface area contributed by atoms with Gasteiger partial charge in [-0.25, -0.2) is 4.79 Å². The van der Waals surface area contributed by atoms with Crippen LogP contribution in [0.4, 0.5) is 4.79 Å². The molecule has 1 heterocycles. The van der Waals surface area contributed by atoms with Crippen LogP contribution in [-0.4, -0.2) is 29.4 Å². The van der Waals surface area contributed by atoms with Crippen molar-refractivity contribution in [1.29, 1.82) is 0 Å². The molecule has 0 saturated carbocycles. The zero-order valence-electron chi connectivity index (χ0n) is 11.4. The van der Waals surface area contributed by atoms with Crippen LogP contribution < -0.4 is 5.32 Å². The molecule has 3 amide bonds. The topological polar surface area (TPSA) is 49.4 Å². The minimum Gasteiger partial charge on any atom is -0.325 e. The van der Waals surface area contributed by atoms with E-state index in [9.17, 15) is 9.59 Å². The Labute approximate surface area is 113 Å². The molecule has 2 atom stereocenters. The van der Waals surface area contributed by atoms with Gasteiger partial charge in [-0.2, -0.15) is 0 Å². The zero-order valence-corrected chi connectivity index (χ0v) is 11.4. The molecule has 102 valence electrons. The van der Waals surface area contributed by atoms with E-state index < -0.39 is 6.04 Å². The van der Waals surface area contributed by atoms with Crippen molar-refractivity contribution in [3.05, 3.63) is 35.9 Å². The van der Waals surface area contributed by atoms with Gasteiger partial charge < -0.3 is 5.32 Å². The van der Waals surface area contributed by atoms with E-state index in [-0.39, 0.29) is 11.9 Å². The summed E-state index contributed by atoms with van der Waals surface area (Å²) in [5, 5.41) is 2.77. The Morgan fingerprint density at radius 1 is 1.26 bits per heavy atom. The fourth-order valence-corrected chi connectivity index (χ4v) is 2.18. The number of nitrogens with one attached hydrogen (secondary N) is 1. The first-order valence-corrected chi connectivity index (χ1v) is 6.77. The van der Waals surface area contributed by atoms with Crippen LogP contribution in [0.15, 0.2) is 30.3 Å². The van der Waals surface area contributed by atoms with Gasteiger partial charge in [-0.05, 0) is 11.5 Å². The highest BCUT2D eigenvalue weighted by molar-refractivity contribution is 6.04. The Balaban J connectivity index is 2.02. The zero-order chi connectivity index (χ0) is 13.8. The quantitative estimate of drug-likeness (QED) is 0.825. The molecule has 1 N–H and O–H groups in total. The summed E-state index contributed by atoms with van der Waals surface area (Å²) in [6.45, 7) is 4.61. The van der Waals surface area contributed by atoms with E-state index in [1.807, 2.05) is 37.3 Å². The lowest BCUT2D eigenvalue weighted by molar-refractivity contribution is -0.127. The highest BCUT2D eigenvalue weighted by Crippen LogP contribution is 2.14. The van der Waals surface area contributed by atoms with Crippen molar-refractivity contribution in [1.82, 2.24) is 10.2 Å². The van der Waals surface area contributed by atoms with Crippen LogP contribution in [0, 0.1) is 5.92 Å². The summed E-state index contributed by atoms with van der Waals surface area (Å²) in [4.78, 5) is 25.4. The summed E-state index contributed by atoms with van der Waals surface area (Å²) < 4.78 is 0. The standard InChI is InChI=1S/C15H20N2O2/c1-3-11(2)10-17-14(18)13(16-15(17)19)9-12-7-5-4-6-8-12/h4-8,11,13H,3,9-10H2,1-2H3,(H,16,19)/t11-,13-/m0/s1. The molecule has 0 unspecified atom stereocenters. The molecule has 0 bridgehead atoms. The van der Waals surface area contributed by atoms with Crippen molar-refractivity contribution in [3.63, 3.8) is 0 Å². The molecule has 1 fully saturated rings. The van der Waals surface area contributed by atoms with Gasteiger partial charge in [-0.15, -0.1) is 0 Å². The summed E-state index contributed by atoms with van der Waals surface area (Å²) in [5.41, 5.74) is 1.06. The molecule has 1 saturated heterocycles. The Morgan fingerprint density at radius 2 is 1.95 bits per heavy atom. The predicted octanol–water partition coefficient (Wildman–Crippen LogP) is 2.20. The number of rotatable bonds is 5. The molecule has 1 aliphatic rings. The molecule has 19 heavy (non-hydrogen) atoms. The van der Waals surface area contributed by atoms with E-state index in [1.54, 1.807) is 0 Å². The van der Waals surface area contributed by atoms with Crippen LogP contribution in [-0.2, 0) is 11.2 Å². The maximum Gasteiger partial charge on any atom is 0.324 e. The Hall–Kier alpha value is -1.84. The van der Waals surface area contributed by atoms with Gasteiger partial charge in [0, 0.05) is 13.0 Å². The molecule has 0 spiro atoms. The van der Waals surface area contributed by atoms with Crippen LogP contribution in [0.1, 0.15) is 25.8 Å². The monoisotopic (exact) mass is 260 g/mol. The second kappa shape index (κ2) is 5.87. The van der Waals surface area contributed by atoms with Crippen molar-refractivity contribution >= 4 is 11.9 Å². The number of carbonyl (C=O) groups excluding carboxylic acids is 2. The Kier molecular flexibility index (Phi) is 4.20. The van der Waals surface area contributed by atoms with Crippen LogP contribution in [0.5, 0.6) is 0 Å². The van der Waals surface area contributed by atoms with E-state index in [0.717, 1.165) is 12.0 Å². The summed E-state index contributed by atoms with van der Waals surface area (Å²) >= 11 is 0. The van der Waals surface area contributed by atoms with Crippen molar-refractivity contribution in [2.45, 2.75) is 32.7 Å². The molecule has 0 radical (unpaired) electrons. The van der Waals surface area contributed by atoms with E-state index in [2.05, 4.69) is 12.2 Å². The minimum absolute atomic E-state index is 0.103. The van der Waals surface area contributed by atoms with Gasteiger partial charge in [0.1, 0.15) is 6.04 Å². The van der Waals surface area contributed by atoms with Crippen LogP contribution in [0.2, 0.25) is 0 Å². The number of hydrogen-bond donors (Lipinski definition) is 1. The molecule has 1 aromatic carbocycles. The van der Waals surface area contributed by atoms with E-state index in [1.165, 1.54) is 4.90 Å². The molecular weight excluding hydrogens is 240 g/mol. The second-order valence-corrected chi connectivity index (χ2v) is 5.15. The first-order valence-electron chi connectivity index (χ1n) is 6.77. The van der Waals surface area contributed by atoms with E-state index in [0.29, 0.717) is 18.9 Å². The first-order chi connectivity index (χ1) is 9.11. The smallest absolute Gasteiger partial charge is 0.324 e. The van der Waals surface area contributed by atoms with Gasteiger partial charge in [0.15, 0.2) is 0 Å². The number of amides is 3. The lowest BCUT2D eigenvalue weighted by Gasteiger charge is -2.17. The Morgan fingerprint density at radius 3 is 2.58 bits per heavy atom. The summed E-state index contributed by atoms with van der Waals surface area (Å²) in [7, 11) is 0. The first kappa shape index (κ1) is 13.6. The highest BCUT2D eigenvalue weighted by atomic mass is 16.2. The fraction of sp³-hybridized carbons (Fsp3) is 0.467. The van der Waals surface area contributed by atoms with Gasteiger partial charge in [-0.3, -0.25) is 9.69 Å². The molecule has 4 heteroatoms. The number of urea groups is 1. The maximum atomic E-state index is 12.2. The van der Waals surface area contributed by atoms with Gasteiger partial charge >= 0.3 is 6.03 Å². The Bertz CT molecular complexity index is 458. The number of imide groups is 1. The fourth-order valence-electron chi connectivity index (χ4n) is 2.18. The lowest BCUT2D eigenvalue weighted by Crippen LogP contribution is -2.35. The molecular formula is C15H20N2O2. The third-order valence-electron chi connectivity index (χ3n) is 3.58. The van der Waals surface area contributed by atoms with E-state index in [4.69, 9.17) is 0 Å². The highest BCUT2D eigenvalue weighted by Gasteiger charge is 2.38. The number of carbonyl (C=O) groups is 2. The molecule has 0 aliphatic carbocycles. The largest absolute Gasteiger partial charge is 0.325 e. The molecule has 1 aliphatic heterocycles. The van der Waals surface area contributed by atoms with E-state index >= 15 is 0 Å². The van der Waals surface area contributed by atoms with Crippen molar-refractivity contribution in [3.8, 4) is 0 Å². The lowest BCUT2D eigenvalue weighted by atomic mass is 10.1. The van der Waals surface area contributed by atoms with Gasteiger partial charge in [-0.1, -0.05) is 50.6 Å². The summed E-state index contributed by atoms with van der Waals surface area (Å²) in [6.07, 6.45) is 1.52. The molecule has 0 aromatic heterocycles. The van der Waals surface area contributed by atoms with Crippen molar-refractivity contribution in [2.75, 3.05) is 6.54 Å². The molecule has 1 aromatic rings. The summed E-state index contributed by atoms with van der Waals surface area (Å²) in [5.74, 6) is 0.235. The normalized spacial score (nSPS) is 20.5. The summed E-state index contributed by atoms with van der Waals surface area (Å²) in [6, 6.07) is 9.08. The maximum absolute atomic E-state index is 12.2. The number of hydrogen-bond acceptors (Lipinski definition) is 2.